The third-order valence-electron chi connectivity index (χ3n) is 2.55. The van der Waals surface area contributed by atoms with Crippen molar-refractivity contribution in [1.29, 1.82) is 0 Å². The zero-order valence-electron chi connectivity index (χ0n) is 11.1. The average molecular weight is 307 g/mol. The summed E-state index contributed by atoms with van der Waals surface area (Å²) in [7, 11) is 1.75. The molecule has 2 aromatic rings. The normalized spacial score (nSPS) is 9.95. The van der Waals surface area contributed by atoms with Crippen molar-refractivity contribution in [2.75, 3.05) is 13.7 Å². The number of thiophene rings is 1. The highest BCUT2D eigenvalue weighted by Gasteiger charge is 2.18. The van der Waals surface area contributed by atoms with Gasteiger partial charge in [0, 0.05) is 22.9 Å². The first-order chi connectivity index (χ1) is 9.61. The van der Waals surface area contributed by atoms with Crippen molar-refractivity contribution >= 4 is 28.8 Å². The molecule has 2 heterocycles. The van der Waals surface area contributed by atoms with Crippen LogP contribution in [0.2, 0.25) is 0 Å². The average Bonchev–Trinajstić information content (AvgIpc) is 3.04. The van der Waals surface area contributed by atoms with Crippen molar-refractivity contribution < 1.29 is 9.90 Å². The van der Waals surface area contributed by atoms with Gasteiger partial charge in [-0.3, -0.25) is 4.79 Å². The number of carbonyl (C=O) groups excluding carboxylic acids is 1. The predicted molar refractivity (Wildman–Crippen MR) is 78.7 cm³/mol. The first-order valence-corrected chi connectivity index (χ1v) is 7.48. The molecule has 0 unspecified atom stereocenters. The van der Waals surface area contributed by atoms with Gasteiger partial charge in [-0.05, 0) is 24.5 Å². The second kappa shape index (κ2) is 6.61. The SMILES string of the molecule is Cc1nnsc1C(=O)N(C)Cc1cc(C#CCO)cs1. The zero-order chi connectivity index (χ0) is 14.5. The molecule has 0 fully saturated rings. The molecule has 0 aliphatic carbocycles. The Balaban J connectivity index is 2.04. The van der Waals surface area contributed by atoms with Crippen LogP contribution >= 0.6 is 22.9 Å². The number of nitrogens with zero attached hydrogens (tertiary/aromatic N) is 3. The number of rotatable bonds is 3. The summed E-state index contributed by atoms with van der Waals surface area (Å²) < 4.78 is 3.77. The summed E-state index contributed by atoms with van der Waals surface area (Å²) in [4.78, 5) is 15.5. The Morgan fingerprint density at radius 1 is 1.55 bits per heavy atom. The minimum absolute atomic E-state index is 0.0751. The molecule has 0 aliphatic heterocycles. The first-order valence-electron chi connectivity index (χ1n) is 5.83. The van der Waals surface area contributed by atoms with Crippen LogP contribution in [0.3, 0.4) is 0 Å². The Morgan fingerprint density at radius 3 is 3.00 bits per heavy atom. The van der Waals surface area contributed by atoms with Crippen LogP contribution in [-0.4, -0.2) is 39.2 Å². The third kappa shape index (κ3) is 3.42. The van der Waals surface area contributed by atoms with Gasteiger partial charge in [0.1, 0.15) is 11.5 Å². The Bertz CT molecular complexity index is 666. The molecule has 1 N–H and O–H groups in total. The van der Waals surface area contributed by atoms with Crippen LogP contribution in [0.15, 0.2) is 11.4 Å². The fourth-order valence-electron chi connectivity index (χ4n) is 1.58. The van der Waals surface area contributed by atoms with Gasteiger partial charge in [-0.1, -0.05) is 16.3 Å². The van der Waals surface area contributed by atoms with Crippen LogP contribution in [0.5, 0.6) is 0 Å². The van der Waals surface area contributed by atoms with E-state index in [9.17, 15) is 4.79 Å². The summed E-state index contributed by atoms with van der Waals surface area (Å²) in [5.74, 6) is 5.37. The summed E-state index contributed by atoms with van der Waals surface area (Å²) >= 11 is 2.66. The van der Waals surface area contributed by atoms with Crippen LogP contribution in [0, 0.1) is 18.8 Å². The van der Waals surface area contributed by atoms with E-state index >= 15 is 0 Å². The highest BCUT2D eigenvalue weighted by molar-refractivity contribution is 7.10. The smallest absolute Gasteiger partial charge is 0.267 e. The van der Waals surface area contributed by atoms with Crippen LogP contribution < -0.4 is 0 Å². The fraction of sp³-hybridized carbons (Fsp3) is 0.308. The number of hydrogen-bond donors (Lipinski definition) is 1. The molecule has 0 spiro atoms. The van der Waals surface area contributed by atoms with E-state index in [1.807, 2.05) is 11.4 Å². The topological polar surface area (TPSA) is 66.3 Å². The number of carbonyl (C=O) groups is 1. The molecule has 5 nitrogen and oxygen atoms in total. The number of aromatic nitrogens is 2. The molecule has 0 bridgehead atoms. The van der Waals surface area contributed by atoms with Gasteiger partial charge in [0.05, 0.1) is 12.2 Å². The van der Waals surface area contributed by atoms with Gasteiger partial charge in [-0.25, -0.2) is 0 Å². The highest BCUT2D eigenvalue weighted by Crippen LogP contribution is 2.18. The Morgan fingerprint density at radius 2 is 2.35 bits per heavy atom. The molecule has 104 valence electrons. The Hall–Kier alpha value is -1.75. The van der Waals surface area contributed by atoms with Crippen molar-refractivity contribution in [3.63, 3.8) is 0 Å². The lowest BCUT2D eigenvalue weighted by molar-refractivity contribution is 0.0790. The van der Waals surface area contributed by atoms with E-state index in [1.165, 1.54) is 0 Å². The molecular formula is C13H13N3O2S2. The van der Waals surface area contributed by atoms with E-state index in [1.54, 1.807) is 30.2 Å². The lowest BCUT2D eigenvalue weighted by atomic mass is 10.3. The number of amides is 1. The maximum absolute atomic E-state index is 12.2. The summed E-state index contributed by atoms with van der Waals surface area (Å²) in [6.45, 7) is 2.14. The molecular weight excluding hydrogens is 294 g/mol. The summed E-state index contributed by atoms with van der Waals surface area (Å²) in [5.41, 5.74) is 1.52. The molecule has 2 rings (SSSR count). The van der Waals surface area contributed by atoms with Gasteiger partial charge >= 0.3 is 0 Å². The van der Waals surface area contributed by atoms with Gasteiger partial charge in [-0.15, -0.1) is 16.4 Å². The van der Waals surface area contributed by atoms with E-state index in [0.717, 1.165) is 22.0 Å². The largest absolute Gasteiger partial charge is 0.384 e. The van der Waals surface area contributed by atoms with Gasteiger partial charge in [0.15, 0.2) is 0 Å². The van der Waals surface area contributed by atoms with Crippen LogP contribution in [-0.2, 0) is 6.54 Å². The number of aliphatic hydroxyl groups is 1. The molecule has 0 atom stereocenters. The number of hydrogen-bond acceptors (Lipinski definition) is 6. The van der Waals surface area contributed by atoms with E-state index in [2.05, 4.69) is 21.4 Å². The standard InChI is InChI=1S/C13H13N3O2S2/c1-9-12(20-15-14-9)13(18)16(2)7-11-6-10(8-19-11)4-3-5-17/h6,8,17H,5,7H2,1-2H3. The predicted octanol–water partition coefficient (Wildman–Crippen LogP) is 1.52. The fourth-order valence-corrected chi connectivity index (χ4v) is 3.10. The van der Waals surface area contributed by atoms with Gasteiger partial charge in [-0.2, -0.15) is 0 Å². The van der Waals surface area contributed by atoms with Gasteiger partial charge in [0.25, 0.3) is 5.91 Å². The monoisotopic (exact) mass is 307 g/mol. The second-order valence-electron chi connectivity index (χ2n) is 4.11. The molecule has 0 saturated heterocycles. The van der Waals surface area contributed by atoms with Crippen molar-refractivity contribution in [3.05, 3.63) is 32.5 Å². The molecule has 0 saturated carbocycles. The maximum Gasteiger partial charge on any atom is 0.267 e. The van der Waals surface area contributed by atoms with E-state index in [-0.39, 0.29) is 12.5 Å². The van der Waals surface area contributed by atoms with Crippen molar-refractivity contribution in [1.82, 2.24) is 14.5 Å². The Labute approximate surface area is 125 Å². The highest BCUT2D eigenvalue weighted by atomic mass is 32.1. The summed E-state index contributed by atoms with van der Waals surface area (Å²) in [6.07, 6.45) is 0. The molecule has 0 aliphatic rings. The maximum atomic E-state index is 12.2. The van der Waals surface area contributed by atoms with E-state index in [0.29, 0.717) is 17.1 Å². The van der Waals surface area contributed by atoms with Gasteiger partial charge in [0.2, 0.25) is 0 Å². The third-order valence-corrected chi connectivity index (χ3v) is 4.29. The molecule has 1 amide bonds. The van der Waals surface area contributed by atoms with Crippen molar-refractivity contribution in [3.8, 4) is 11.8 Å². The molecule has 0 radical (unpaired) electrons. The molecule has 20 heavy (non-hydrogen) atoms. The molecule has 2 aromatic heterocycles. The van der Waals surface area contributed by atoms with E-state index in [4.69, 9.17) is 5.11 Å². The van der Waals surface area contributed by atoms with E-state index < -0.39 is 0 Å². The van der Waals surface area contributed by atoms with Crippen molar-refractivity contribution in [2.45, 2.75) is 13.5 Å². The quantitative estimate of drug-likeness (QED) is 0.873. The second-order valence-corrected chi connectivity index (χ2v) is 5.86. The minimum Gasteiger partial charge on any atom is -0.384 e. The zero-order valence-corrected chi connectivity index (χ0v) is 12.7. The van der Waals surface area contributed by atoms with Crippen molar-refractivity contribution in [2.24, 2.45) is 0 Å². The van der Waals surface area contributed by atoms with Crippen LogP contribution in [0.1, 0.15) is 25.8 Å². The summed E-state index contributed by atoms with van der Waals surface area (Å²) in [5, 5.41) is 14.4. The van der Waals surface area contributed by atoms with Crippen LogP contribution in [0.25, 0.3) is 0 Å². The molecule has 0 aromatic carbocycles. The first kappa shape index (κ1) is 14.7. The number of aliphatic hydroxyl groups excluding tert-OH is 1. The Kier molecular flexibility index (Phi) is 4.84. The minimum atomic E-state index is -0.152. The van der Waals surface area contributed by atoms with Crippen LogP contribution in [0.4, 0.5) is 0 Å². The van der Waals surface area contributed by atoms with Gasteiger partial charge < -0.3 is 10.0 Å². The summed E-state index contributed by atoms with van der Waals surface area (Å²) in [6, 6.07) is 1.93. The number of aryl methyl sites for hydroxylation is 1. The molecule has 7 heteroatoms. The lowest BCUT2D eigenvalue weighted by Gasteiger charge is -2.14. The lowest BCUT2D eigenvalue weighted by Crippen LogP contribution is -2.25.